The van der Waals surface area contributed by atoms with Gasteiger partial charge in [0.2, 0.25) is 11.8 Å². The molecule has 1 unspecified atom stereocenters. The number of carboxylic acids is 1. The van der Waals surface area contributed by atoms with Crippen molar-refractivity contribution in [2.45, 2.75) is 75.4 Å². The number of carboxylic acid groups (broad SMARTS) is 1. The Bertz CT molecular complexity index is 965. The second kappa shape index (κ2) is 10.6. The molecule has 6 N–H and O–H groups in total. The van der Waals surface area contributed by atoms with Crippen molar-refractivity contribution in [3.8, 4) is 0 Å². The van der Waals surface area contributed by atoms with Crippen LogP contribution in [0.1, 0.15) is 39.5 Å². The summed E-state index contributed by atoms with van der Waals surface area (Å²) in [7, 11) is 0. The van der Waals surface area contributed by atoms with Gasteiger partial charge in [0.1, 0.15) is 5.70 Å². The highest BCUT2D eigenvalue weighted by molar-refractivity contribution is 8.03. The highest BCUT2D eigenvalue weighted by Crippen LogP contribution is 2.51. The Balaban J connectivity index is 1.36. The minimum Gasteiger partial charge on any atom is -0.477 e. The molecule has 0 bridgehead atoms. The number of carbonyl (C=O) groups excluding carboxylic acids is 3. The first kappa shape index (κ1) is 26.8. The Kier molecular flexibility index (Phi) is 7.91. The number of hydrogen-bond donors (Lipinski definition) is 5. The third-order valence-corrected chi connectivity index (χ3v) is 9.25. The maximum Gasteiger partial charge on any atom is 0.353 e. The van der Waals surface area contributed by atoms with Crippen LogP contribution in [0.3, 0.4) is 0 Å². The minimum atomic E-state index is -3.19. The van der Waals surface area contributed by atoms with E-state index in [-0.39, 0.29) is 40.8 Å². The molecule has 3 amide bonds. The zero-order valence-corrected chi connectivity index (χ0v) is 21.0. The number of β-lactam (4-membered cyclic amide) rings is 1. The second-order valence-electron chi connectivity index (χ2n) is 10.2. The van der Waals surface area contributed by atoms with E-state index >= 15 is 0 Å². The molecule has 3 heterocycles. The highest BCUT2D eigenvalue weighted by Gasteiger charge is 2.60. The number of carbonyl (C=O) groups is 4. The molecule has 1 aliphatic carbocycles. The van der Waals surface area contributed by atoms with Crippen molar-refractivity contribution < 1.29 is 33.1 Å². The molecule has 36 heavy (non-hydrogen) atoms. The third kappa shape index (κ3) is 5.10. The summed E-state index contributed by atoms with van der Waals surface area (Å²) in [5, 5.41) is 18.4. The molecule has 4 aliphatic rings. The van der Waals surface area contributed by atoms with Gasteiger partial charge in [0, 0.05) is 53.2 Å². The average molecular weight is 530 g/mol. The van der Waals surface area contributed by atoms with Gasteiger partial charge in [0.25, 0.3) is 5.91 Å². The zero-order valence-electron chi connectivity index (χ0n) is 20.2. The quantitative estimate of drug-likeness (QED) is 0.266. The number of rotatable bonds is 9. The highest BCUT2D eigenvalue weighted by atomic mass is 32.2. The lowest BCUT2D eigenvalue weighted by Gasteiger charge is -2.47. The van der Waals surface area contributed by atoms with Gasteiger partial charge < -0.3 is 31.7 Å². The van der Waals surface area contributed by atoms with E-state index < -0.39 is 42.2 Å². The Morgan fingerprint density at radius 2 is 2.00 bits per heavy atom. The Morgan fingerprint density at radius 3 is 2.61 bits per heavy atom. The van der Waals surface area contributed by atoms with Crippen LogP contribution in [0, 0.1) is 17.8 Å². The smallest absolute Gasteiger partial charge is 0.353 e. The fraction of sp³-hybridized carbons (Fsp3) is 0.739. The van der Waals surface area contributed by atoms with E-state index in [9.17, 15) is 33.1 Å². The topological polar surface area (TPSA) is 154 Å². The predicted octanol–water partition coefficient (Wildman–Crippen LogP) is 0.236. The molecular weight excluding hydrogens is 496 g/mol. The van der Waals surface area contributed by atoms with Crippen molar-refractivity contribution in [2.75, 3.05) is 13.1 Å². The van der Waals surface area contributed by atoms with Crippen LogP contribution in [-0.4, -0.2) is 82.6 Å². The largest absolute Gasteiger partial charge is 0.477 e. The van der Waals surface area contributed by atoms with E-state index in [0.717, 1.165) is 12.8 Å². The Morgan fingerprint density at radius 1 is 1.28 bits per heavy atom. The first-order chi connectivity index (χ1) is 17.0. The van der Waals surface area contributed by atoms with Crippen LogP contribution in [-0.2, 0) is 19.2 Å². The summed E-state index contributed by atoms with van der Waals surface area (Å²) in [4.78, 5) is 50.6. The van der Waals surface area contributed by atoms with Gasteiger partial charge >= 0.3 is 12.4 Å². The standard InChI is InChI=1S/C23H33F2N5O5S/c1-9-16-15(10(2)29-21(32)19(24)25)22(33)30(16)17(23(34)35)18(9)36-14-6-13(27-8-14)7-28-20(31)11-3-4-12(26)5-11/h9-16,19,27H,3-8,26H2,1-2H3,(H,28,31)(H,29,32)(H,34,35)/t9-,10?,11+,12-,13+,14+,15-,16-/m1/s1. The van der Waals surface area contributed by atoms with Gasteiger partial charge in [-0.15, -0.1) is 11.8 Å². The number of nitrogens with one attached hydrogen (secondary N) is 3. The summed E-state index contributed by atoms with van der Waals surface area (Å²) in [6.45, 7) is 4.39. The van der Waals surface area contributed by atoms with Crippen molar-refractivity contribution >= 4 is 35.5 Å². The van der Waals surface area contributed by atoms with Gasteiger partial charge in [-0.1, -0.05) is 6.92 Å². The molecule has 2 saturated heterocycles. The molecule has 4 rings (SSSR count). The van der Waals surface area contributed by atoms with Gasteiger partial charge in [0.15, 0.2) is 0 Å². The van der Waals surface area contributed by atoms with Crippen LogP contribution in [0.25, 0.3) is 0 Å². The predicted molar refractivity (Wildman–Crippen MR) is 128 cm³/mol. The molecule has 8 atom stereocenters. The van der Waals surface area contributed by atoms with E-state index in [0.29, 0.717) is 30.8 Å². The SMILES string of the molecule is CC(NC(=O)C(F)F)[C@H]1C(=O)N2C(C(=O)O)=C(S[C@@H]3CN[C@H](CNC(=O)[C@H]4CC[C@@H](N)C4)C3)[C@H](C)[C@H]12. The summed E-state index contributed by atoms with van der Waals surface area (Å²) in [5.74, 6) is -4.28. The summed E-state index contributed by atoms with van der Waals surface area (Å²) in [5.41, 5.74) is 5.83. The van der Waals surface area contributed by atoms with E-state index in [1.165, 1.54) is 23.6 Å². The number of thioether (sulfide) groups is 1. The maximum atomic E-state index is 12.8. The number of halogens is 2. The van der Waals surface area contributed by atoms with Crippen LogP contribution < -0.4 is 21.7 Å². The monoisotopic (exact) mass is 529 g/mol. The summed E-state index contributed by atoms with van der Waals surface area (Å²) >= 11 is 1.41. The fourth-order valence-corrected chi connectivity index (χ4v) is 7.42. The van der Waals surface area contributed by atoms with E-state index in [1.54, 1.807) is 0 Å². The lowest BCUT2D eigenvalue weighted by Crippen LogP contribution is -2.66. The lowest BCUT2D eigenvalue weighted by molar-refractivity contribution is -0.159. The van der Waals surface area contributed by atoms with Crippen molar-refractivity contribution in [3.05, 3.63) is 10.6 Å². The average Bonchev–Trinajstić information content (AvgIpc) is 3.50. The maximum absolute atomic E-state index is 12.8. The van der Waals surface area contributed by atoms with E-state index in [4.69, 9.17) is 5.73 Å². The van der Waals surface area contributed by atoms with Crippen molar-refractivity contribution in [1.29, 1.82) is 0 Å². The van der Waals surface area contributed by atoms with Crippen LogP contribution >= 0.6 is 11.8 Å². The summed E-state index contributed by atoms with van der Waals surface area (Å²) in [6, 6.07) is -1.24. The molecule has 0 radical (unpaired) electrons. The molecule has 0 aromatic heterocycles. The van der Waals surface area contributed by atoms with Gasteiger partial charge in [-0.2, -0.15) is 8.78 Å². The Hall–Kier alpha value is -2.25. The molecule has 3 aliphatic heterocycles. The summed E-state index contributed by atoms with van der Waals surface area (Å²) in [6.07, 6.45) is -0.122. The number of hydrogen-bond acceptors (Lipinski definition) is 7. The molecule has 1 saturated carbocycles. The summed E-state index contributed by atoms with van der Waals surface area (Å²) < 4.78 is 25.3. The number of nitrogens with zero attached hydrogens (tertiary/aromatic N) is 1. The fourth-order valence-electron chi connectivity index (χ4n) is 5.90. The van der Waals surface area contributed by atoms with Gasteiger partial charge in [-0.25, -0.2) is 4.79 Å². The van der Waals surface area contributed by atoms with Crippen molar-refractivity contribution in [1.82, 2.24) is 20.9 Å². The normalized spacial score (nSPS) is 34.6. The molecular formula is C23H33F2N5O5S. The van der Waals surface area contributed by atoms with Crippen molar-refractivity contribution in [2.24, 2.45) is 23.5 Å². The zero-order chi connectivity index (χ0) is 26.3. The number of amides is 3. The first-order valence-electron chi connectivity index (χ1n) is 12.3. The molecule has 200 valence electrons. The number of alkyl halides is 2. The van der Waals surface area contributed by atoms with Gasteiger partial charge in [-0.05, 0) is 32.6 Å². The van der Waals surface area contributed by atoms with Gasteiger partial charge in [-0.3, -0.25) is 14.4 Å². The van der Waals surface area contributed by atoms with E-state index in [1.807, 2.05) is 6.92 Å². The van der Waals surface area contributed by atoms with Crippen LogP contribution in [0.5, 0.6) is 0 Å². The molecule has 10 nitrogen and oxygen atoms in total. The molecule has 0 spiro atoms. The third-order valence-electron chi connectivity index (χ3n) is 7.74. The van der Waals surface area contributed by atoms with Crippen molar-refractivity contribution in [3.63, 3.8) is 0 Å². The molecule has 3 fully saturated rings. The molecule has 13 heteroatoms. The lowest BCUT2D eigenvalue weighted by atomic mass is 9.78. The van der Waals surface area contributed by atoms with E-state index in [2.05, 4.69) is 16.0 Å². The molecule has 0 aromatic carbocycles. The molecule has 0 aromatic rings. The number of aliphatic carboxylic acids is 1. The second-order valence-corrected chi connectivity index (χ2v) is 11.6. The van der Waals surface area contributed by atoms with Crippen LogP contribution in [0.15, 0.2) is 10.6 Å². The minimum absolute atomic E-state index is 0.0168. The number of nitrogens with two attached hydrogens (primary N) is 1. The van der Waals surface area contributed by atoms with Crippen LogP contribution in [0.4, 0.5) is 8.78 Å². The Labute approximate surface area is 212 Å². The number of fused-ring (bicyclic) bond motifs is 1. The first-order valence-corrected chi connectivity index (χ1v) is 13.2. The van der Waals surface area contributed by atoms with Gasteiger partial charge in [0.05, 0.1) is 12.0 Å². The van der Waals surface area contributed by atoms with Crippen LogP contribution in [0.2, 0.25) is 0 Å².